The van der Waals surface area contributed by atoms with Crippen molar-refractivity contribution in [2.45, 2.75) is 6.92 Å². The van der Waals surface area contributed by atoms with E-state index in [0.29, 0.717) is 5.69 Å². The summed E-state index contributed by atoms with van der Waals surface area (Å²) >= 11 is 5.35. The third kappa shape index (κ3) is 2.39. The first-order valence-electron chi connectivity index (χ1n) is 4.06. The highest BCUT2D eigenvalue weighted by atomic mass is 35.5. The van der Waals surface area contributed by atoms with Gasteiger partial charge in [-0.15, -0.1) is 11.6 Å². The lowest BCUT2D eigenvalue weighted by Crippen LogP contribution is -2.27. The zero-order valence-electron chi connectivity index (χ0n) is 8.07. The van der Waals surface area contributed by atoms with Gasteiger partial charge in [-0.3, -0.25) is 4.31 Å². The molecule has 1 rings (SSSR count). The van der Waals surface area contributed by atoms with E-state index >= 15 is 0 Å². The first-order chi connectivity index (χ1) is 6.47. The molecule has 1 aromatic carbocycles. The molecule has 0 aliphatic carbocycles. The highest BCUT2D eigenvalue weighted by Crippen LogP contribution is 2.17. The lowest BCUT2D eigenvalue weighted by molar-refractivity contribution is 0.599. The Morgan fingerprint density at radius 3 is 2.57 bits per heavy atom. The van der Waals surface area contributed by atoms with Crippen LogP contribution in [0.4, 0.5) is 5.69 Å². The molecule has 0 aliphatic rings. The fourth-order valence-electron chi connectivity index (χ4n) is 1.06. The predicted molar refractivity (Wildman–Crippen MR) is 59.2 cm³/mol. The smallest absolute Gasteiger partial charge is 0.248 e. The molecule has 0 N–H and O–H groups in total. The molecule has 78 valence electrons. The lowest BCUT2D eigenvalue weighted by Gasteiger charge is -2.17. The molecule has 0 amide bonds. The van der Waals surface area contributed by atoms with Crippen LogP contribution in [0.2, 0.25) is 0 Å². The van der Waals surface area contributed by atoms with Gasteiger partial charge in [0.25, 0.3) is 0 Å². The Labute approximate surface area is 89.4 Å². The maximum atomic E-state index is 11.4. The van der Waals surface area contributed by atoms with Crippen LogP contribution in [-0.4, -0.2) is 20.7 Å². The molecule has 3 nitrogen and oxygen atoms in total. The summed E-state index contributed by atoms with van der Waals surface area (Å²) in [7, 11) is -1.88. The maximum Gasteiger partial charge on any atom is 0.248 e. The zero-order chi connectivity index (χ0) is 10.8. The summed E-state index contributed by atoms with van der Waals surface area (Å²) in [6, 6.07) is 7.25. The molecular weight excluding hydrogens is 222 g/mol. The second kappa shape index (κ2) is 4.19. The average molecular weight is 234 g/mol. The Morgan fingerprint density at radius 2 is 2.07 bits per heavy atom. The topological polar surface area (TPSA) is 37.4 Å². The summed E-state index contributed by atoms with van der Waals surface area (Å²) < 4.78 is 24.0. The Balaban J connectivity index is 3.07. The number of anilines is 1. The van der Waals surface area contributed by atoms with Gasteiger partial charge < -0.3 is 0 Å². The lowest BCUT2D eigenvalue weighted by atomic mass is 10.2. The standard InChI is InChI=1S/C9H12ClNO2S/c1-8-4-3-5-9(6-8)11(2)14(12,13)7-10/h3-6H,7H2,1-2H3. The predicted octanol–water partition coefficient (Wildman–Crippen LogP) is 1.96. The van der Waals surface area contributed by atoms with E-state index in [1.807, 2.05) is 19.1 Å². The normalized spacial score (nSPS) is 11.4. The van der Waals surface area contributed by atoms with Gasteiger partial charge in [-0.25, -0.2) is 8.42 Å². The molecule has 0 bridgehead atoms. The molecule has 5 heteroatoms. The van der Waals surface area contributed by atoms with Crippen molar-refractivity contribution in [2.24, 2.45) is 0 Å². The molecule has 0 atom stereocenters. The van der Waals surface area contributed by atoms with Gasteiger partial charge in [-0.1, -0.05) is 12.1 Å². The van der Waals surface area contributed by atoms with Gasteiger partial charge in [0.05, 0.1) is 5.69 Å². The van der Waals surface area contributed by atoms with Crippen LogP contribution in [0.1, 0.15) is 5.56 Å². The Bertz CT molecular complexity index is 417. The monoisotopic (exact) mass is 233 g/mol. The van der Waals surface area contributed by atoms with Crippen LogP contribution in [0.3, 0.4) is 0 Å². The summed E-state index contributed by atoms with van der Waals surface area (Å²) in [4.78, 5) is 0. The molecule has 0 saturated carbocycles. The van der Waals surface area contributed by atoms with Crippen molar-refractivity contribution in [3.63, 3.8) is 0 Å². The maximum absolute atomic E-state index is 11.4. The van der Waals surface area contributed by atoms with E-state index in [9.17, 15) is 8.42 Å². The summed E-state index contributed by atoms with van der Waals surface area (Å²) in [5.41, 5.74) is 1.64. The van der Waals surface area contributed by atoms with Crippen molar-refractivity contribution < 1.29 is 8.42 Å². The van der Waals surface area contributed by atoms with E-state index in [2.05, 4.69) is 0 Å². The third-order valence-corrected chi connectivity index (χ3v) is 4.07. The van der Waals surface area contributed by atoms with Crippen LogP contribution in [0, 0.1) is 6.92 Å². The highest BCUT2D eigenvalue weighted by Gasteiger charge is 2.16. The molecule has 1 aromatic rings. The minimum absolute atomic E-state index is 0.405. The molecule has 0 aliphatic heterocycles. The molecule has 0 aromatic heterocycles. The quantitative estimate of drug-likeness (QED) is 0.749. The Hall–Kier alpha value is -0.740. The van der Waals surface area contributed by atoms with Gasteiger partial charge in [0.15, 0.2) is 0 Å². The summed E-state index contributed by atoms with van der Waals surface area (Å²) in [6.45, 7) is 1.91. The van der Waals surface area contributed by atoms with Crippen molar-refractivity contribution in [1.82, 2.24) is 0 Å². The second-order valence-corrected chi connectivity index (χ2v) is 5.61. The van der Waals surface area contributed by atoms with Crippen LogP contribution in [-0.2, 0) is 10.0 Å². The van der Waals surface area contributed by atoms with Crippen molar-refractivity contribution in [2.75, 3.05) is 16.6 Å². The van der Waals surface area contributed by atoms with Crippen LogP contribution >= 0.6 is 11.6 Å². The third-order valence-electron chi connectivity index (χ3n) is 1.92. The van der Waals surface area contributed by atoms with Crippen molar-refractivity contribution in [1.29, 1.82) is 0 Å². The van der Waals surface area contributed by atoms with Crippen LogP contribution in [0.5, 0.6) is 0 Å². The van der Waals surface area contributed by atoms with E-state index in [1.165, 1.54) is 11.4 Å². The number of nitrogens with zero attached hydrogens (tertiary/aromatic N) is 1. The van der Waals surface area contributed by atoms with E-state index < -0.39 is 15.2 Å². The average Bonchev–Trinajstić information content (AvgIpc) is 2.16. The van der Waals surface area contributed by atoms with E-state index in [1.54, 1.807) is 12.1 Å². The first kappa shape index (κ1) is 11.3. The van der Waals surface area contributed by atoms with E-state index in [-0.39, 0.29) is 0 Å². The highest BCUT2D eigenvalue weighted by molar-refractivity contribution is 7.93. The van der Waals surface area contributed by atoms with Crippen molar-refractivity contribution in [3.8, 4) is 0 Å². The van der Waals surface area contributed by atoms with E-state index in [4.69, 9.17) is 11.6 Å². The number of rotatable bonds is 3. The SMILES string of the molecule is Cc1cccc(N(C)S(=O)(=O)CCl)c1. The molecular formula is C9H12ClNO2S. The number of hydrogen-bond acceptors (Lipinski definition) is 2. The van der Waals surface area contributed by atoms with E-state index in [0.717, 1.165) is 5.56 Å². The first-order valence-corrected chi connectivity index (χ1v) is 6.21. The molecule has 0 spiro atoms. The van der Waals surface area contributed by atoms with Gasteiger partial charge in [0, 0.05) is 7.05 Å². The molecule has 0 radical (unpaired) electrons. The molecule has 0 saturated heterocycles. The summed E-state index contributed by atoms with van der Waals surface area (Å²) in [5, 5.41) is -0.405. The Morgan fingerprint density at radius 1 is 1.43 bits per heavy atom. The molecule has 0 unspecified atom stereocenters. The number of aryl methyl sites for hydroxylation is 1. The van der Waals surface area contributed by atoms with Crippen molar-refractivity contribution >= 4 is 27.3 Å². The van der Waals surface area contributed by atoms with Gasteiger partial charge in [-0.05, 0) is 24.6 Å². The molecule has 0 heterocycles. The molecule has 14 heavy (non-hydrogen) atoms. The number of hydrogen-bond donors (Lipinski definition) is 0. The summed E-state index contributed by atoms with van der Waals surface area (Å²) in [6.07, 6.45) is 0. The number of sulfonamides is 1. The van der Waals surface area contributed by atoms with Crippen LogP contribution in [0.15, 0.2) is 24.3 Å². The number of halogens is 1. The van der Waals surface area contributed by atoms with Gasteiger partial charge in [0.2, 0.25) is 10.0 Å². The minimum atomic E-state index is -3.37. The summed E-state index contributed by atoms with van der Waals surface area (Å²) in [5.74, 6) is 0. The minimum Gasteiger partial charge on any atom is -0.272 e. The zero-order valence-corrected chi connectivity index (χ0v) is 9.64. The fraction of sp³-hybridized carbons (Fsp3) is 0.333. The molecule has 0 fully saturated rings. The van der Waals surface area contributed by atoms with Crippen molar-refractivity contribution in [3.05, 3.63) is 29.8 Å². The Kier molecular flexibility index (Phi) is 3.39. The van der Waals surface area contributed by atoms with Gasteiger partial charge in [0.1, 0.15) is 5.21 Å². The number of benzene rings is 1. The van der Waals surface area contributed by atoms with Crippen LogP contribution < -0.4 is 4.31 Å². The van der Waals surface area contributed by atoms with Gasteiger partial charge >= 0.3 is 0 Å². The largest absolute Gasteiger partial charge is 0.272 e. The van der Waals surface area contributed by atoms with Gasteiger partial charge in [-0.2, -0.15) is 0 Å². The second-order valence-electron chi connectivity index (χ2n) is 3.03. The number of alkyl halides is 1. The van der Waals surface area contributed by atoms with Crippen LogP contribution in [0.25, 0.3) is 0 Å². The fourth-order valence-corrected chi connectivity index (χ4v) is 2.08.